The van der Waals surface area contributed by atoms with Crippen LogP contribution in [-0.4, -0.2) is 89.7 Å². The van der Waals surface area contributed by atoms with Gasteiger partial charge in [0.05, 0.1) is 31.0 Å². The van der Waals surface area contributed by atoms with E-state index in [1.54, 1.807) is 43.5 Å². The minimum atomic E-state index is -1.65. The van der Waals surface area contributed by atoms with Gasteiger partial charge in [-0.05, 0) is 44.1 Å². The zero-order valence-corrected chi connectivity index (χ0v) is 28.0. The van der Waals surface area contributed by atoms with Gasteiger partial charge >= 0.3 is 17.9 Å². The number of nitrogens with one attached hydrogen (secondary N) is 1. The Balaban J connectivity index is 1.16. The predicted molar refractivity (Wildman–Crippen MR) is 172 cm³/mol. The molecule has 6 rings (SSSR count). The molecule has 2 aliphatic carbocycles. The van der Waals surface area contributed by atoms with Crippen molar-refractivity contribution in [2.75, 3.05) is 27.2 Å². The van der Waals surface area contributed by atoms with Crippen molar-refractivity contribution in [3.63, 3.8) is 0 Å². The summed E-state index contributed by atoms with van der Waals surface area (Å²) in [6.07, 6.45) is 0.176. The largest absolute Gasteiger partial charge is 0.493 e. The number of aliphatic hydroxyl groups is 2. The molecule has 2 bridgehead atoms. The van der Waals surface area contributed by atoms with Crippen molar-refractivity contribution in [3.8, 4) is 11.5 Å². The van der Waals surface area contributed by atoms with Crippen LogP contribution in [0, 0.1) is 0 Å². The first-order valence-corrected chi connectivity index (χ1v) is 16.4. The molecule has 1 amide bonds. The third-order valence-electron chi connectivity index (χ3n) is 9.91. The Labute approximate surface area is 284 Å². The molecular formula is C36H42N2O11. The van der Waals surface area contributed by atoms with E-state index in [1.807, 2.05) is 19.2 Å². The van der Waals surface area contributed by atoms with Crippen LogP contribution in [0.2, 0.25) is 0 Å². The number of amides is 1. The Morgan fingerprint density at radius 3 is 2.55 bits per heavy atom. The number of likely N-dealkylation sites (tertiary alicyclic amines) is 1. The highest BCUT2D eigenvalue weighted by atomic mass is 16.7. The second-order valence-corrected chi connectivity index (χ2v) is 13.5. The van der Waals surface area contributed by atoms with Gasteiger partial charge in [-0.25, -0.2) is 4.79 Å². The van der Waals surface area contributed by atoms with Crippen LogP contribution in [0.15, 0.2) is 54.3 Å². The maximum absolute atomic E-state index is 13.9. The van der Waals surface area contributed by atoms with Crippen LogP contribution >= 0.6 is 0 Å². The van der Waals surface area contributed by atoms with Crippen molar-refractivity contribution >= 4 is 23.8 Å². The minimum Gasteiger partial charge on any atom is -0.493 e. The number of likely N-dealkylation sites (N-methyl/N-ethyl adjacent to an activating group) is 1. The fourth-order valence-corrected chi connectivity index (χ4v) is 7.77. The lowest BCUT2D eigenvalue weighted by molar-refractivity contribution is -0.195. The molecule has 4 aliphatic rings. The van der Waals surface area contributed by atoms with Crippen LogP contribution in [-0.2, 0) is 45.2 Å². The average Bonchev–Trinajstić information content (AvgIpc) is 3.41. The number of esters is 3. The number of piperidine rings is 1. The summed E-state index contributed by atoms with van der Waals surface area (Å²) >= 11 is 0. The van der Waals surface area contributed by atoms with Crippen molar-refractivity contribution in [2.24, 2.45) is 0 Å². The Morgan fingerprint density at radius 1 is 1.08 bits per heavy atom. The van der Waals surface area contributed by atoms with E-state index < -0.39 is 52.8 Å². The van der Waals surface area contributed by atoms with Gasteiger partial charge in [-0.15, -0.1) is 0 Å². The summed E-state index contributed by atoms with van der Waals surface area (Å²) in [5.74, 6) is -3.19. The van der Waals surface area contributed by atoms with Crippen molar-refractivity contribution < 1.29 is 53.1 Å². The normalized spacial score (nSPS) is 25.6. The van der Waals surface area contributed by atoms with Crippen molar-refractivity contribution in [3.05, 3.63) is 71.0 Å². The van der Waals surface area contributed by atoms with Gasteiger partial charge in [-0.2, -0.15) is 0 Å². The summed E-state index contributed by atoms with van der Waals surface area (Å²) in [5.41, 5.74) is 0.278. The highest BCUT2D eigenvalue weighted by molar-refractivity contribution is 5.83. The molecular weight excluding hydrogens is 636 g/mol. The van der Waals surface area contributed by atoms with Crippen molar-refractivity contribution in [1.29, 1.82) is 0 Å². The summed E-state index contributed by atoms with van der Waals surface area (Å²) in [4.78, 5) is 53.0. The SMILES string of the molecule is COc1ccc2c3c1O[C@@H]1C(OC(=O)[C@H](OC(=O)CCNC(=O)CCC(=O)OC(C)(C)O)c4ccccc4)=CC[C@]4(O)[C@H](C2)N(C)CC[C@@]314. The van der Waals surface area contributed by atoms with Gasteiger partial charge in [-0.3, -0.25) is 14.4 Å². The van der Waals surface area contributed by atoms with Crippen molar-refractivity contribution in [2.45, 2.75) is 87.4 Å². The average molecular weight is 679 g/mol. The Morgan fingerprint density at radius 2 is 1.84 bits per heavy atom. The fourth-order valence-electron chi connectivity index (χ4n) is 7.77. The molecule has 13 heteroatoms. The zero-order chi connectivity index (χ0) is 35.1. The standard InChI is InChI=1S/C36H42N2O11/c1-34(2,43)49-28(41)13-12-26(39)37-18-15-27(40)47-30(21-8-6-5-7-9-21)33(42)46-24-14-16-36(44)25-20-22-10-11-23(45-4)31-29(22)35(36,32(24)48-31)17-19-38(25)3/h5-11,14,25,30,32,43-44H,12-13,15-20H2,1-4H3,(H,37,39)/t25-,30+,32+,35+,36-/m0/s1. The first-order valence-electron chi connectivity index (χ1n) is 16.4. The van der Waals surface area contributed by atoms with E-state index in [4.69, 9.17) is 23.7 Å². The molecule has 0 saturated carbocycles. The summed E-state index contributed by atoms with van der Waals surface area (Å²) in [5, 5.41) is 24.5. The van der Waals surface area contributed by atoms with Crippen LogP contribution in [0.3, 0.4) is 0 Å². The molecule has 49 heavy (non-hydrogen) atoms. The van der Waals surface area contributed by atoms with Gasteiger partial charge in [0.25, 0.3) is 0 Å². The second kappa shape index (κ2) is 13.1. The Kier molecular flexibility index (Phi) is 9.20. The molecule has 2 aliphatic heterocycles. The Bertz CT molecular complexity index is 1670. The molecule has 5 atom stereocenters. The molecule has 2 aromatic rings. The predicted octanol–water partition coefficient (Wildman–Crippen LogP) is 2.36. The van der Waals surface area contributed by atoms with Gasteiger partial charge in [0, 0.05) is 50.4 Å². The maximum atomic E-state index is 13.9. The number of nitrogens with zero attached hydrogens (tertiary/aromatic N) is 1. The topological polar surface area (TPSA) is 170 Å². The molecule has 2 aromatic carbocycles. The molecule has 1 fully saturated rings. The van der Waals surface area contributed by atoms with Gasteiger partial charge < -0.3 is 44.1 Å². The second-order valence-electron chi connectivity index (χ2n) is 13.5. The van der Waals surface area contributed by atoms with E-state index in [-0.39, 0.29) is 44.0 Å². The lowest BCUT2D eigenvalue weighted by Gasteiger charge is -2.61. The Hall–Kier alpha value is -4.46. The lowest BCUT2D eigenvalue weighted by Crippen LogP contribution is -2.74. The van der Waals surface area contributed by atoms with Crippen LogP contribution in [0.1, 0.15) is 68.7 Å². The van der Waals surface area contributed by atoms with Crippen LogP contribution in [0.4, 0.5) is 0 Å². The highest BCUT2D eigenvalue weighted by Crippen LogP contribution is 2.65. The van der Waals surface area contributed by atoms with E-state index >= 15 is 0 Å². The molecule has 1 saturated heterocycles. The summed E-state index contributed by atoms with van der Waals surface area (Å²) < 4.78 is 28.7. The number of benzene rings is 2. The molecule has 1 spiro atoms. The zero-order valence-electron chi connectivity index (χ0n) is 28.0. The minimum absolute atomic E-state index is 0.102. The monoisotopic (exact) mass is 678 g/mol. The van der Waals surface area contributed by atoms with Gasteiger partial charge in [0.15, 0.2) is 17.6 Å². The summed E-state index contributed by atoms with van der Waals surface area (Å²) in [6, 6.07) is 12.2. The van der Waals surface area contributed by atoms with Gasteiger partial charge in [0.2, 0.25) is 17.8 Å². The number of carbonyl (C=O) groups excluding carboxylic acids is 4. The van der Waals surface area contributed by atoms with E-state index in [9.17, 15) is 29.4 Å². The summed E-state index contributed by atoms with van der Waals surface area (Å²) in [7, 11) is 3.57. The van der Waals surface area contributed by atoms with E-state index in [2.05, 4.69) is 10.2 Å². The van der Waals surface area contributed by atoms with Gasteiger partial charge in [-0.1, -0.05) is 36.4 Å². The number of carbonyl (C=O) groups is 4. The summed E-state index contributed by atoms with van der Waals surface area (Å²) in [6.45, 7) is 3.20. The third-order valence-corrected chi connectivity index (χ3v) is 9.91. The van der Waals surface area contributed by atoms with E-state index in [1.165, 1.54) is 13.8 Å². The first-order chi connectivity index (χ1) is 23.3. The first kappa shape index (κ1) is 34.4. The number of hydrogen-bond acceptors (Lipinski definition) is 12. The molecule has 2 heterocycles. The molecule has 0 aromatic heterocycles. The van der Waals surface area contributed by atoms with E-state index in [0.717, 1.165) is 11.1 Å². The molecule has 0 radical (unpaired) electrons. The van der Waals surface area contributed by atoms with Crippen LogP contribution in [0.5, 0.6) is 11.5 Å². The lowest BCUT2D eigenvalue weighted by atomic mass is 9.50. The number of hydrogen-bond donors (Lipinski definition) is 3. The molecule has 262 valence electrons. The molecule has 3 N–H and O–H groups in total. The van der Waals surface area contributed by atoms with Crippen molar-refractivity contribution in [1.82, 2.24) is 10.2 Å². The fraction of sp³-hybridized carbons (Fsp3) is 0.500. The highest BCUT2D eigenvalue weighted by Gasteiger charge is 2.72. The number of rotatable bonds is 12. The smallest absolute Gasteiger partial charge is 0.357 e. The third kappa shape index (κ3) is 6.26. The quantitative estimate of drug-likeness (QED) is 0.170. The van der Waals surface area contributed by atoms with Crippen LogP contribution < -0.4 is 14.8 Å². The van der Waals surface area contributed by atoms with Crippen LogP contribution in [0.25, 0.3) is 0 Å². The molecule has 0 unspecified atom stereocenters. The van der Waals surface area contributed by atoms with E-state index in [0.29, 0.717) is 36.4 Å². The molecule has 13 nitrogen and oxygen atoms in total. The van der Waals surface area contributed by atoms with Gasteiger partial charge in [0.1, 0.15) is 5.76 Å². The number of ether oxygens (including phenoxy) is 5. The number of methoxy groups -OCH3 is 1. The maximum Gasteiger partial charge on any atom is 0.357 e.